The Morgan fingerprint density at radius 2 is 1.95 bits per heavy atom. The monoisotopic (exact) mass is 268 g/mol. The van der Waals surface area contributed by atoms with Crippen LogP contribution in [-0.4, -0.2) is 18.0 Å². The van der Waals surface area contributed by atoms with Crippen LogP contribution >= 0.6 is 0 Å². The summed E-state index contributed by atoms with van der Waals surface area (Å²) in [6, 6.07) is 0. The lowest BCUT2D eigenvalue weighted by molar-refractivity contribution is -0.128. The first-order chi connectivity index (χ1) is 9.08. The van der Waals surface area contributed by atoms with Gasteiger partial charge in [-0.15, -0.1) is 0 Å². The molecule has 0 bridgehead atoms. The standard InChI is InChI=1S/C16H32N2O/c1-3-4-5-6-7-8-12-18-15(19)16(17)11-9-10-14(2)13-16/h14H,3-13,17H2,1-2H3,(H,18,19). The summed E-state index contributed by atoms with van der Waals surface area (Å²) < 4.78 is 0. The topological polar surface area (TPSA) is 55.1 Å². The number of carbonyl (C=O) groups excluding carboxylic acids is 1. The summed E-state index contributed by atoms with van der Waals surface area (Å²) in [6.07, 6.45) is 11.5. The van der Waals surface area contributed by atoms with Gasteiger partial charge in [0.25, 0.3) is 0 Å². The van der Waals surface area contributed by atoms with Crippen LogP contribution in [-0.2, 0) is 4.79 Å². The summed E-state index contributed by atoms with van der Waals surface area (Å²) in [6.45, 7) is 5.21. The first kappa shape index (κ1) is 16.5. The summed E-state index contributed by atoms with van der Waals surface area (Å²) in [5.74, 6) is 0.658. The molecule has 0 heterocycles. The van der Waals surface area contributed by atoms with E-state index in [0.717, 1.165) is 32.2 Å². The van der Waals surface area contributed by atoms with E-state index in [2.05, 4.69) is 19.2 Å². The van der Waals surface area contributed by atoms with Gasteiger partial charge in [-0.05, 0) is 25.2 Å². The maximum atomic E-state index is 12.2. The Bertz CT molecular complexity index is 267. The van der Waals surface area contributed by atoms with Crippen molar-refractivity contribution in [3.8, 4) is 0 Å². The molecule has 112 valence electrons. The number of unbranched alkanes of at least 4 members (excludes halogenated alkanes) is 5. The third kappa shape index (κ3) is 5.94. The van der Waals surface area contributed by atoms with Crippen molar-refractivity contribution in [2.24, 2.45) is 11.7 Å². The summed E-state index contributed by atoms with van der Waals surface area (Å²) in [4.78, 5) is 12.2. The van der Waals surface area contributed by atoms with Gasteiger partial charge in [0.05, 0.1) is 5.54 Å². The first-order valence-corrected chi connectivity index (χ1v) is 8.15. The lowest BCUT2D eigenvalue weighted by Crippen LogP contribution is -2.56. The molecule has 3 N–H and O–H groups in total. The van der Waals surface area contributed by atoms with Crippen molar-refractivity contribution >= 4 is 5.91 Å². The summed E-state index contributed by atoms with van der Waals surface area (Å²) in [7, 11) is 0. The zero-order chi connectivity index (χ0) is 14.1. The number of carbonyl (C=O) groups is 1. The second-order valence-electron chi connectivity index (χ2n) is 6.38. The Morgan fingerprint density at radius 3 is 2.63 bits per heavy atom. The van der Waals surface area contributed by atoms with Gasteiger partial charge in [-0.1, -0.05) is 58.8 Å². The number of rotatable bonds is 8. The third-order valence-electron chi connectivity index (χ3n) is 4.30. The number of hydrogen-bond donors (Lipinski definition) is 2. The van der Waals surface area contributed by atoms with Gasteiger partial charge in [0.1, 0.15) is 0 Å². The second-order valence-corrected chi connectivity index (χ2v) is 6.38. The van der Waals surface area contributed by atoms with Crippen LogP contribution in [0.1, 0.15) is 78.1 Å². The molecular weight excluding hydrogens is 236 g/mol. The van der Waals surface area contributed by atoms with Gasteiger partial charge < -0.3 is 11.1 Å². The molecule has 0 aromatic carbocycles. The molecule has 3 heteroatoms. The van der Waals surface area contributed by atoms with Crippen molar-refractivity contribution in [2.75, 3.05) is 6.54 Å². The van der Waals surface area contributed by atoms with Gasteiger partial charge in [-0.3, -0.25) is 4.79 Å². The fraction of sp³-hybridized carbons (Fsp3) is 0.938. The Hall–Kier alpha value is -0.570. The van der Waals surface area contributed by atoms with Gasteiger partial charge >= 0.3 is 0 Å². The highest BCUT2D eigenvalue weighted by Gasteiger charge is 2.37. The molecule has 1 fully saturated rings. The molecule has 1 aliphatic carbocycles. The zero-order valence-electron chi connectivity index (χ0n) is 12.8. The quantitative estimate of drug-likeness (QED) is 0.663. The molecule has 0 aromatic rings. The predicted molar refractivity (Wildman–Crippen MR) is 80.9 cm³/mol. The summed E-state index contributed by atoms with van der Waals surface area (Å²) in [5.41, 5.74) is 5.66. The average molecular weight is 268 g/mol. The molecule has 19 heavy (non-hydrogen) atoms. The molecule has 2 unspecified atom stereocenters. The van der Waals surface area contributed by atoms with Gasteiger partial charge in [-0.2, -0.15) is 0 Å². The average Bonchev–Trinajstić information content (AvgIpc) is 2.37. The fourth-order valence-electron chi connectivity index (χ4n) is 3.08. The number of nitrogens with two attached hydrogens (primary N) is 1. The Kier molecular flexibility index (Phi) is 7.44. The molecule has 0 spiro atoms. The largest absolute Gasteiger partial charge is 0.355 e. The summed E-state index contributed by atoms with van der Waals surface area (Å²) in [5, 5.41) is 3.04. The van der Waals surface area contributed by atoms with Crippen LogP contribution in [0.15, 0.2) is 0 Å². The normalized spacial score (nSPS) is 27.2. The lowest BCUT2D eigenvalue weighted by atomic mass is 9.76. The van der Waals surface area contributed by atoms with E-state index in [-0.39, 0.29) is 5.91 Å². The minimum Gasteiger partial charge on any atom is -0.355 e. The van der Waals surface area contributed by atoms with Gasteiger partial charge in [0, 0.05) is 6.54 Å². The number of nitrogens with one attached hydrogen (secondary N) is 1. The van der Waals surface area contributed by atoms with Crippen LogP contribution in [0.4, 0.5) is 0 Å². The van der Waals surface area contributed by atoms with Crippen LogP contribution in [0.2, 0.25) is 0 Å². The van der Waals surface area contributed by atoms with Gasteiger partial charge in [-0.25, -0.2) is 0 Å². The SMILES string of the molecule is CCCCCCCCNC(=O)C1(N)CCCC(C)C1. The fourth-order valence-corrected chi connectivity index (χ4v) is 3.08. The predicted octanol–water partition coefficient (Wildman–Crippen LogP) is 3.37. The van der Waals surface area contributed by atoms with Crippen molar-refractivity contribution in [2.45, 2.75) is 83.6 Å². The molecule has 0 aliphatic heterocycles. The van der Waals surface area contributed by atoms with Gasteiger partial charge in [0.15, 0.2) is 0 Å². The molecule has 1 saturated carbocycles. The smallest absolute Gasteiger partial charge is 0.240 e. The minimum absolute atomic E-state index is 0.0765. The van der Waals surface area contributed by atoms with E-state index >= 15 is 0 Å². The van der Waals surface area contributed by atoms with E-state index in [9.17, 15) is 4.79 Å². The van der Waals surface area contributed by atoms with E-state index < -0.39 is 5.54 Å². The van der Waals surface area contributed by atoms with Crippen LogP contribution in [0.5, 0.6) is 0 Å². The van der Waals surface area contributed by atoms with Gasteiger partial charge in [0.2, 0.25) is 5.91 Å². The van der Waals surface area contributed by atoms with E-state index in [1.165, 1.54) is 38.5 Å². The molecule has 0 saturated heterocycles. The Morgan fingerprint density at radius 1 is 1.26 bits per heavy atom. The number of amides is 1. The molecule has 1 rings (SSSR count). The molecule has 0 radical (unpaired) electrons. The first-order valence-electron chi connectivity index (χ1n) is 8.15. The number of hydrogen-bond acceptors (Lipinski definition) is 2. The molecule has 2 atom stereocenters. The third-order valence-corrected chi connectivity index (χ3v) is 4.30. The highest BCUT2D eigenvalue weighted by molar-refractivity contribution is 5.86. The maximum absolute atomic E-state index is 12.2. The molecular formula is C16H32N2O. The van der Waals surface area contributed by atoms with Crippen molar-refractivity contribution in [1.82, 2.24) is 5.32 Å². The van der Waals surface area contributed by atoms with E-state index in [1.54, 1.807) is 0 Å². The molecule has 3 nitrogen and oxygen atoms in total. The van der Waals surface area contributed by atoms with Crippen LogP contribution in [0.25, 0.3) is 0 Å². The van der Waals surface area contributed by atoms with Crippen molar-refractivity contribution in [3.05, 3.63) is 0 Å². The van der Waals surface area contributed by atoms with Crippen LogP contribution in [0, 0.1) is 5.92 Å². The highest BCUT2D eigenvalue weighted by atomic mass is 16.2. The van der Waals surface area contributed by atoms with Crippen molar-refractivity contribution in [3.63, 3.8) is 0 Å². The summed E-state index contributed by atoms with van der Waals surface area (Å²) >= 11 is 0. The molecule has 0 aromatic heterocycles. The van der Waals surface area contributed by atoms with E-state index in [4.69, 9.17) is 5.73 Å². The van der Waals surface area contributed by atoms with Crippen LogP contribution in [0.3, 0.4) is 0 Å². The Balaban J connectivity index is 2.13. The van der Waals surface area contributed by atoms with E-state index in [0.29, 0.717) is 5.92 Å². The lowest BCUT2D eigenvalue weighted by Gasteiger charge is -2.35. The van der Waals surface area contributed by atoms with Crippen LogP contribution < -0.4 is 11.1 Å². The maximum Gasteiger partial charge on any atom is 0.240 e. The van der Waals surface area contributed by atoms with E-state index in [1.807, 2.05) is 0 Å². The Labute approximate surface area is 118 Å². The highest BCUT2D eigenvalue weighted by Crippen LogP contribution is 2.30. The van der Waals surface area contributed by atoms with Crippen molar-refractivity contribution in [1.29, 1.82) is 0 Å². The zero-order valence-corrected chi connectivity index (χ0v) is 12.8. The van der Waals surface area contributed by atoms with Crippen molar-refractivity contribution < 1.29 is 4.79 Å². The molecule has 1 amide bonds. The second kappa shape index (κ2) is 8.57. The molecule has 1 aliphatic rings. The minimum atomic E-state index is -0.597.